The highest BCUT2D eigenvalue weighted by atomic mass is 79.9. The summed E-state index contributed by atoms with van der Waals surface area (Å²) in [7, 11) is 0. The van der Waals surface area contributed by atoms with Gasteiger partial charge < -0.3 is 11.3 Å². The van der Waals surface area contributed by atoms with Crippen LogP contribution in [0.3, 0.4) is 0 Å². The maximum Gasteiger partial charge on any atom is 0.279 e. The van der Waals surface area contributed by atoms with E-state index in [1.54, 1.807) is 12.1 Å². The van der Waals surface area contributed by atoms with E-state index >= 15 is 0 Å². The fourth-order valence-electron chi connectivity index (χ4n) is 1.98. The topological polar surface area (TPSA) is 99.0 Å². The van der Waals surface area contributed by atoms with Crippen molar-refractivity contribution in [3.05, 3.63) is 32.8 Å². The Kier molecular flexibility index (Phi) is 2.53. The Hall–Kier alpha value is -1.60. The van der Waals surface area contributed by atoms with E-state index in [2.05, 4.69) is 26.3 Å². The van der Waals surface area contributed by atoms with Crippen LogP contribution in [0, 0.1) is 0 Å². The van der Waals surface area contributed by atoms with E-state index in [1.807, 2.05) is 0 Å². The van der Waals surface area contributed by atoms with Crippen molar-refractivity contribution in [2.45, 2.75) is 18.8 Å². The van der Waals surface area contributed by atoms with Crippen LogP contribution < -0.4 is 22.7 Å². The third-order valence-corrected chi connectivity index (χ3v) is 3.77. The van der Waals surface area contributed by atoms with E-state index in [4.69, 9.17) is 11.7 Å². The number of hydrogen-bond donors (Lipinski definition) is 3. The van der Waals surface area contributed by atoms with Gasteiger partial charge in [0.05, 0.1) is 16.6 Å². The largest absolute Gasteiger partial charge is 0.335 e. The molecular formula is C11H12BrN5O. The lowest BCUT2D eigenvalue weighted by Crippen LogP contribution is -2.31. The molecular weight excluding hydrogens is 298 g/mol. The summed E-state index contributed by atoms with van der Waals surface area (Å²) in [6.07, 6.45) is 2.07. The van der Waals surface area contributed by atoms with Crippen molar-refractivity contribution in [3.63, 3.8) is 0 Å². The van der Waals surface area contributed by atoms with E-state index in [1.165, 1.54) is 0 Å². The molecule has 0 aliphatic heterocycles. The number of nitrogens with two attached hydrogens (primary N) is 2. The molecule has 7 heteroatoms. The maximum atomic E-state index is 12.2. The van der Waals surface area contributed by atoms with Gasteiger partial charge in [0, 0.05) is 10.4 Å². The summed E-state index contributed by atoms with van der Waals surface area (Å²) in [5.74, 6) is 12.2. The molecule has 1 aromatic heterocycles. The lowest BCUT2D eigenvalue weighted by Gasteiger charge is -2.10. The van der Waals surface area contributed by atoms with Crippen LogP contribution >= 0.6 is 15.9 Å². The second-order valence-corrected chi connectivity index (χ2v) is 5.27. The first kappa shape index (κ1) is 11.5. The first-order valence-electron chi connectivity index (χ1n) is 5.59. The Bertz CT molecular complexity index is 692. The van der Waals surface area contributed by atoms with Crippen molar-refractivity contribution < 1.29 is 0 Å². The Balaban J connectivity index is 2.34. The van der Waals surface area contributed by atoms with Gasteiger partial charge in [-0.1, -0.05) is 0 Å². The summed E-state index contributed by atoms with van der Waals surface area (Å²) in [4.78, 5) is 16.6. The minimum Gasteiger partial charge on any atom is -0.335 e. The van der Waals surface area contributed by atoms with Gasteiger partial charge in [0.2, 0.25) is 0 Å². The molecule has 1 aliphatic rings. The van der Waals surface area contributed by atoms with E-state index < -0.39 is 0 Å². The number of hydrazine groups is 1. The van der Waals surface area contributed by atoms with Crippen LogP contribution in [-0.2, 0) is 0 Å². The van der Waals surface area contributed by atoms with Crippen LogP contribution in [0.5, 0.6) is 0 Å². The lowest BCUT2D eigenvalue weighted by molar-refractivity contribution is 0.791. The maximum absolute atomic E-state index is 12.2. The fraction of sp³-hybridized carbons (Fsp3) is 0.273. The van der Waals surface area contributed by atoms with Crippen molar-refractivity contribution in [2.24, 2.45) is 5.84 Å². The van der Waals surface area contributed by atoms with Crippen LogP contribution in [0.2, 0.25) is 0 Å². The predicted octanol–water partition coefficient (Wildman–Crippen LogP) is 1.04. The van der Waals surface area contributed by atoms with Crippen LogP contribution in [-0.4, -0.2) is 9.66 Å². The number of hydrogen-bond acceptors (Lipinski definition) is 5. The highest BCUT2D eigenvalue weighted by Crippen LogP contribution is 2.38. The predicted molar refractivity (Wildman–Crippen MR) is 73.6 cm³/mol. The zero-order valence-corrected chi connectivity index (χ0v) is 11.1. The van der Waals surface area contributed by atoms with Crippen molar-refractivity contribution in [3.8, 4) is 0 Å². The summed E-state index contributed by atoms with van der Waals surface area (Å²) in [6.45, 7) is 0. The van der Waals surface area contributed by atoms with Gasteiger partial charge in [0.25, 0.3) is 5.56 Å². The molecule has 1 saturated carbocycles. The van der Waals surface area contributed by atoms with Crippen molar-refractivity contribution in [2.75, 3.05) is 11.3 Å². The van der Waals surface area contributed by atoms with Crippen LogP contribution in [0.25, 0.3) is 10.9 Å². The monoisotopic (exact) mass is 309 g/mol. The van der Waals surface area contributed by atoms with Gasteiger partial charge in [0.15, 0.2) is 0 Å². The number of nitrogen functional groups attached to an aromatic ring is 2. The molecule has 2 aromatic rings. The molecule has 94 valence electrons. The number of nitrogens with zero attached hydrogens (tertiary/aromatic N) is 2. The summed E-state index contributed by atoms with van der Waals surface area (Å²) in [5.41, 5.74) is 3.63. The van der Waals surface area contributed by atoms with Gasteiger partial charge in [-0.05, 0) is 40.9 Å². The Labute approximate surface area is 111 Å². The average Bonchev–Trinajstić information content (AvgIpc) is 3.18. The Morgan fingerprint density at radius 3 is 2.78 bits per heavy atom. The van der Waals surface area contributed by atoms with E-state index in [0.717, 1.165) is 17.5 Å². The van der Waals surface area contributed by atoms with Gasteiger partial charge in [-0.25, -0.2) is 9.66 Å². The molecule has 1 fully saturated rings. The lowest BCUT2D eigenvalue weighted by atomic mass is 10.2. The molecule has 0 amide bonds. The normalized spacial score (nSPS) is 15.0. The molecule has 5 N–H and O–H groups in total. The molecule has 1 heterocycles. The van der Waals surface area contributed by atoms with E-state index in [9.17, 15) is 4.79 Å². The van der Waals surface area contributed by atoms with Crippen LogP contribution in [0.1, 0.15) is 24.6 Å². The van der Waals surface area contributed by atoms with Gasteiger partial charge in [0.1, 0.15) is 5.82 Å². The van der Waals surface area contributed by atoms with E-state index in [-0.39, 0.29) is 5.56 Å². The van der Waals surface area contributed by atoms with Gasteiger partial charge in [-0.15, -0.1) is 0 Å². The summed E-state index contributed by atoms with van der Waals surface area (Å²) in [5, 5.41) is 0.479. The summed E-state index contributed by atoms with van der Waals surface area (Å²) >= 11 is 3.34. The minimum absolute atomic E-state index is 0.230. The van der Waals surface area contributed by atoms with Gasteiger partial charge in [-0.3, -0.25) is 10.6 Å². The van der Waals surface area contributed by atoms with Gasteiger partial charge in [-0.2, -0.15) is 0 Å². The molecule has 3 rings (SSSR count). The molecule has 18 heavy (non-hydrogen) atoms. The summed E-state index contributed by atoms with van der Waals surface area (Å²) in [6, 6.07) is 3.42. The summed E-state index contributed by atoms with van der Waals surface area (Å²) < 4.78 is 1.86. The first-order valence-corrected chi connectivity index (χ1v) is 6.39. The quantitative estimate of drug-likeness (QED) is 0.568. The van der Waals surface area contributed by atoms with Crippen LogP contribution in [0.4, 0.5) is 5.69 Å². The third-order valence-electron chi connectivity index (χ3n) is 3.11. The molecule has 1 aliphatic carbocycles. The first-order chi connectivity index (χ1) is 8.61. The minimum atomic E-state index is -0.230. The highest BCUT2D eigenvalue weighted by molar-refractivity contribution is 9.10. The number of fused-ring (bicyclic) bond motifs is 1. The van der Waals surface area contributed by atoms with Crippen LogP contribution in [0.15, 0.2) is 21.4 Å². The number of aromatic nitrogens is 2. The molecule has 0 atom stereocenters. The number of benzene rings is 1. The number of anilines is 1. The molecule has 0 bridgehead atoms. The highest BCUT2D eigenvalue weighted by Gasteiger charge is 2.29. The standard InChI is InChI=1S/C11H12BrN5O/c12-7-3-6-8(4-9(7)16-13)15-10(5-1-2-5)17(14)11(6)18/h3-5,16H,1-2,13-14H2. The second kappa shape index (κ2) is 3.96. The Morgan fingerprint density at radius 1 is 1.44 bits per heavy atom. The SMILES string of the molecule is NNc1cc2nc(C3CC3)n(N)c(=O)c2cc1Br. The number of rotatable bonds is 2. The van der Waals surface area contributed by atoms with E-state index in [0.29, 0.717) is 32.8 Å². The number of halogens is 1. The molecule has 0 unspecified atom stereocenters. The fourth-order valence-corrected chi connectivity index (χ4v) is 2.43. The molecule has 1 aromatic carbocycles. The van der Waals surface area contributed by atoms with Crippen molar-refractivity contribution in [1.29, 1.82) is 0 Å². The van der Waals surface area contributed by atoms with Crippen molar-refractivity contribution >= 4 is 32.5 Å². The Morgan fingerprint density at radius 2 is 2.17 bits per heavy atom. The van der Waals surface area contributed by atoms with Crippen molar-refractivity contribution in [1.82, 2.24) is 9.66 Å². The molecule has 0 saturated heterocycles. The third kappa shape index (κ3) is 1.67. The number of nitrogens with one attached hydrogen (secondary N) is 1. The average molecular weight is 310 g/mol. The molecule has 6 nitrogen and oxygen atoms in total. The second-order valence-electron chi connectivity index (χ2n) is 4.41. The molecule has 0 radical (unpaired) electrons. The zero-order valence-electron chi connectivity index (χ0n) is 9.48. The smallest absolute Gasteiger partial charge is 0.279 e. The van der Waals surface area contributed by atoms with Gasteiger partial charge >= 0.3 is 0 Å². The molecule has 0 spiro atoms. The zero-order chi connectivity index (χ0) is 12.9.